The smallest absolute Gasteiger partial charge is 0.181 e. The fourth-order valence-electron chi connectivity index (χ4n) is 0.858. The van der Waals surface area contributed by atoms with Crippen LogP contribution in [0.5, 0.6) is 0 Å². The second-order valence-electron chi connectivity index (χ2n) is 2.44. The molecule has 66 valence electrons. The van der Waals surface area contributed by atoms with Gasteiger partial charge in [0.2, 0.25) is 0 Å². The molecule has 0 fully saturated rings. The molecule has 0 atom stereocenters. The molecule has 0 amide bonds. The van der Waals surface area contributed by atoms with Gasteiger partial charge in [0, 0.05) is 18.2 Å². The summed E-state index contributed by atoms with van der Waals surface area (Å²) in [4.78, 5) is 15.3. The number of thiazole rings is 1. The molecule has 0 aliphatic rings. The van der Waals surface area contributed by atoms with Crippen molar-refractivity contribution in [2.24, 2.45) is 5.73 Å². The Labute approximate surface area is 75.6 Å². The number of hydrogen-bond donors (Lipinski definition) is 1. The molecule has 0 spiro atoms. The molecule has 0 unspecified atom stereocenters. The lowest BCUT2D eigenvalue weighted by Gasteiger charge is -1.89. The maximum absolute atomic E-state index is 11.1. The van der Waals surface area contributed by atoms with Crippen LogP contribution in [0.15, 0.2) is 5.38 Å². The Balaban J connectivity index is 2.70. The number of nitrogens with two attached hydrogens (primary N) is 1. The van der Waals surface area contributed by atoms with E-state index in [-0.39, 0.29) is 5.78 Å². The number of hydrogen-bond acceptors (Lipinski definition) is 4. The maximum atomic E-state index is 11.1. The van der Waals surface area contributed by atoms with Crippen LogP contribution in [0.4, 0.5) is 0 Å². The van der Waals surface area contributed by atoms with E-state index in [2.05, 4.69) is 4.98 Å². The number of carbonyl (C=O) groups is 1. The molecular weight excluding hydrogens is 172 g/mol. The predicted molar refractivity (Wildman–Crippen MR) is 49.5 cm³/mol. The molecule has 0 aliphatic heterocycles. The second kappa shape index (κ2) is 4.33. The van der Waals surface area contributed by atoms with Crippen molar-refractivity contribution in [2.75, 3.05) is 6.54 Å². The summed E-state index contributed by atoms with van der Waals surface area (Å²) in [6.07, 6.45) is 1.29. The first-order chi connectivity index (χ1) is 5.77. The first-order valence-electron chi connectivity index (χ1n) is 3.95. The molecule has 1 heterocycles. The molecule has 0 aliphatic carbocycles. The van der Waals surface area contributed by atoms with Crippen molar-refractivity contribution in [3.8, 4) is 0 Å². The van der Waals surface area contributed by atoms with Gasteiger partial charge in [0.25, 0.3) is 0 Å². The summed E-state index contributed by atoms with van der Waals surface area (Å²) in [5.41, 5.74) is 5.95. The van der Waals surface area contributed by atoms with Crippen LogP contribution in [0.1, 0.15) is 28.8 Å². The van der Waals surface area contributed by atoms with Gasteiger partial charge in [-0.2, -0.15) is 0 Å². The average Bonchev–Trinajstić information content (AvgIpc) is 2.52. The third kappa shape index (κ3) is 2.12. The van der Waals surface area contributed by atoms with Crippen molar-refractivity contribution in [2.45, 2.75) is 19.8 Å². The van der Waals surface area contributed by atoms with Gasteiger partial charge in [-0.25, -0.2) is 4.98 Å². The summed E-state index contributed by atoms with van der Waals surface area (Å²) in [7, 11) is 0. The van der Waals surface area contributed by atoms with Crippen LogP contribution in [0.25, 0.3) is 0 Å². The van der Waals surface area contributed by atoms with Gasteiger partial charge in [-0.15, -0.1) is 11.3 Å². The van der Waals surface area contributed by atoms with Gasteiger partial charge in [0.1, 0.15) is 5.69 Å². The first kappa shape index (κ1) is 9.35. The fraction of sp³-hybridized carbons (Fsp3) is 0.500. The summed E-state index contributed by atoms with van der Waals surface area (Å²) in [6.45, 7) is 2.43. The lowest BCUT2D eigenvalue weighted by molar-refractivity contribution is 0.0984. The van der Waals surface area contributed by atoms with Crippen LogP contribution >= 0.6 is 11.3 Å². The van der Waals surface area contributed by atoms with Gasteiger partial charge in [-0.05, 0) is 6.54 Å². The summed E-state index contributed by atoms with van der Waals surface area (Å²) in [5, 5.41) is 2.76. The summed E-state index contributed by atoms with van der Waals surface area (Å²) in [5.74, 6) is 0.106. The van der Waals surface area contributed by atoms with E-state index in [1.54, 1.807) is 5.38 Å². The van der Waals surface area contributed by atoms with E-state index in [1.165, 1.54) is 11.3 Å². The first-order valence-corrected chi connectivity index (χ1v) is 4.83. The monoisotopic (exact) mass is 184 g/mol. The Hall–Kier alpha value is -0.740. The van der Waals surface area contributed by atoms with E-state index in [9.17, 15) is 4.79 Å². The molecule has 0 saturated heterocycles. The Morgan fingerprint density at radius 2 is 2.50 bits per heavy atom. The highest BCUT2D eigenvalue weighted by Gasteiger charge is 2.07. The molecule has 1 aromatic heterocycles. The van der Waals surface area contributed by atoms with Gasteiger partial charge < -0.3 is 5.73 Å². The molecule has 1 aromatic rings. The Kier molecular flexibility index (Phi) is 3.37. The van der Waals surface area contributed by atoms with Crippen LogP contribution in [0, 0.1) is 0 Å². The molecule has 0 radical (unpaired) electrons. The SMILES string of the molecule is CCC(=O)c1csc(CCN)n1. The largest absolute Gasteiger partial charge is 0.330 e. The minimum atomic E-state index is 0.106. The second-order valence-corrected chi connectivity index (χ2v) is 3.38. The average molecular weight is 184 g/mol. The Bertz CT molecular complexity index is 270. The van der Waals surface area contributed by atoms with Crippen LogP contribution in [0.3, 0.4) is 0 Å². The highest BCUT2D eigenvalue weighted by atomic mass is 32.1. The summed E-state index contributed by atoms with van der Waals surface area (Å²) in [6, 6.07) is 0. The van der Waals surface area contributed by atoms with Crippen molar-refractivity contribution in [1.82, 2.24) is 4.98 Å². The van der Waals surface area contributed by atoms with Crippen LogP contribution in [-0.2, 0) is 6.42 Å². The topological polar surface area (TPSA) is 56.0 Å². The van der Waals surface area contributed by atoms with E-state index in [4.69, 9.17) is 5.73 Å². The molecule has 12 heavy (non-hydrogen) atoms. The molecular formula is C8H12N2OS. The Morgan fingerprint density at radius 1 is 1.75 bits per heavy atom. The number of carbonyl (C=O) groups excluding carboxylic acids is 1. The fourth-order valence-corrected chi connectivity index (χ4v) is 1.68. The molecule has 3 nitrogen and oxygen atoms in total. The van der Waals surface area contributed by atoms with Crippen LogP contribution in [-0.4, -0.2) is 17.3 Å². The normalized spacial score (nSPS) is 10.2. The number of aromatic nitrogens is 1. The highest BCUT2D eigenvalue weighted by Crippen LogP contribution is 2.11. The zero-order valence-electron chi connectivity index (χ0n) is 7.04. The van der Waals surface area contributed by atoms with Crippen molar-refractivity contribution in [1.29, 1.82) is 0 Å². The van der Waals surface area contributed by atoms with Crippen molar-refractivity contribution < 1.29 is 4.79 Å². The van der Waals surface area contributed by atoms with Crippen LogP contribution < -0.4 is 5.73 Å². The lowest BCUT2D eigenvalue weighted by Crippen LogP contribution is -2.03. The standard InChI is InChI=1S/C8H12N2OS/c1-2-7(11)6-5-12-8(10-6)3-4-9/h5H,2-4,9H2,1H3. The summed E-state index contributed by atoms with van der Waals surface area (Å²) >= 11 is 1.51. The number of rotatable bonds is 4. The quantitative estimate of drug-likeness (QED) is 0.716. The minimum Gasteiger partial charge on any atom is -0.330 e. The minimum absolute atomic E-state index is 0.106. The van der Waals surface area contributed by atoms with Crippen molar-refractivity contribution in [3.05, 3.63) is 16.1 Å². The van der Waals surface area contributed by atoms with E-state index in [1.807, 2.05) is 6.92 Å². The zero-order chi connectivity index (χ0) is 8.97. The van der Waals surface area contributed by atoms with Gasteiger partial charge in [0.15, 0.2) is 5.78 Å². The lowest BCUT2D eigenvalue weighted by atomic mass is 10.2. The van der Waals surface area contributed by atoms with Crippen molar-refractivity contribution in [3.63, 3.8) is 0 Å². The number of Topliss-reactive ketones (excluding diaryl/α,β-unsaturated/α-hetero) is 1. The zero-order valence-corrected chi connectivity index (χ0v) is 7.86. The molecule has 1 rings (SSSR count). The van der Waals surface area contributed by atoms with Crippen LogP contribution in [0.2, 0.25) is 0 Å². The van der Waals surface area contributed by atoms with E-state index in [0.717, 1.165) is 11.4 Å². The third-order valence-corrected chi connectivity index (χ3v) is 2.43. The molecule has 4 heteroatoms. The van der Waals surface area contributed by atoms with Crippen molar-refractivity contribution >= 4 is 17.1 Å². The maximum Gasteiger partial charge on any atom is 0.181 e. The Morgan fingerprint density at radius 3 is 3.08 bits per heavy atom. The number of nitrogens with zero attached hydrogens (tertiary/aromatic N) is 1. The van der Waals surface area contributed by atoms with E-state index < -0.39 is 0 Å². The molecule has 0 saturated carbocycles. The predicted octanol–water partition coefficient (Wildman–Crippen LogP) is 1.24. The van der Waals surface area contributed by atoms with Gasteiger partial charge in [-0.3, -0.25) is 4.79 Å². The molecule has 0 bridgehead atoms. The number of ketones is 1. The highest BCUT2D eigenvalue weighted by molar-refractivity contribution is 7.09. The molecule has 2 N–H and O–H groups in total. The molecule has 0 aromatic carbocycles. The van der Waals surface area contributed by atoms with Gasteiger partial charge >= 0.3 is 0 Å². The van der Waals surface area contributed by atoms with Gasteiger partial charge in [0.05, 0.1) is 5.01 Å². The third-order valence-electron chi connectivity index (χ3n) is 1.52. The summed E-state index contributed by atoms with van der Waals surface area (Å²) < 4.78 is 0. The van der Waals surface area contributed by atoms with E-state index >= 15 is 0 Å². The van der Waals surface area contributed by atoms with Gasteiger partial charge in [-0.1, -0.05) is 6.92 Å². The van der Waals surface area contributed by atoms with E-state index in [0.29, 0.717) is 18.7 Å².